The Kier molecular flexibility index (Phi) is 2.05. The lowest BCUT2D eigenvalue weighted by atomic mass is 9.54. The van der Waals surface area contributed by atoms with Crippen molar-refractivity contribution in [3.8, 4) is 0 Å². The van der Waals surface area contributed by atoms with E-state index < -0.39 is 0 Å². The van der Waals surface area contributed by atoms with Gasteiger partial charge in [0.2, 0.25) is 0 Å². The molecule has 0 saturated heterocycles. The number of allylic oxidation sites excluding steroid dienone is 2. The Morgan fingerprint density at radius 2 is 2.13 bits per heavy atom. The minimum absolute atomic E-state index is 0.572. The third kappa shape index (κ3) is 1.12. The van der Waals surface area contributed by atoms with Crippen LogP contribution in [-0.2, 0) is 0 Å². The summed E-state index contributed by atoms with van der Waals surface area (Å²) in [7, 11) is 0. The van der Waals surface area contributed by atoms with E-state index in [0.717, 1.165) is 17.8 Å². The lowest BCUT2D eigenvalue weighted by Gasteiger charge is -2.53. The highest BCUT2D eigenvalue weighted by atomic mass is 14.9. The minimum Gasteiger partial charge on any atom is -0.294 e. The molecule has 4 rings (SSSR count). The van der Waals surface area contributed by atoms with Crippen molar-refractivity contribution in [3.05, 3.63) is 12.2 Å². The van der Waals surface area contributed by atoms with Gasteiger partial charge in [0.1, 0.15) is 0 Å². The van der Waals surface area contributed by atoms with Crippen LogP contribution in [0.2, 0.25) is 0 Å². The van der Waals surface area contributed by atoms with Gasteiger partial charge in [-0.05, 0) is 42.9 Å². The Morgan fingerprint density at radius 3 is 2.87 bits per heavy atom. The summed E-state index contributed by atoms with van der Waals surface area (Å²) >= 11 is 0. The molecule has 4 atom stereocenters. The van der Waals surface area contributed by atoms with Gasteiger partial charge in [0.05, 0.1) is 6.04 Å². The molecular weight excluding hydrogens is 182 g/mol. The molecule has 0 amide bonds. The van der Waals surface area contributed by atoms with Gasteiger partial charge in [-0.25, -0.2) is 0 Å². The van der Waals surface area contributed by atoms with Crippen molar-refractivity contribution in [2.45, 2.75) is 45.6 Å². The summed E-state index contributed by atoms with van der Waals surface area (Å²) < 4.78 is 0. The fraction of sp³-hybridized carbons (Fsp3) is 0.786. The van der Waals surface area contributed by atoms with Crippen LogP contribution in [0.15, 0.2) is 17.1 Å². The maximum atomic E-state index is 4.77. The van der Waals surface area contributed by atoms with E-state index in [1.807, 2.05) is 0 Å². The van der Waals surface area contributed by atoms with E-state index >= 15 is 0 Å². The fourth-order valence-electron chi connectivity index (χ4n) is 4.24. The van der Waals surface area contributed by atoms with Gasteiger partial charge in [-0.15, -0.1) is 0 Å². The molecule has 2 aliphatic heterocycles. The van der Waals surface area contributed by atoms with Crippen LogP contribution in [-0.4, -0.2) is 12.3 Å². The van der Waals surface area contributed by atoms with E-state index in [2.05, 4.69) is 32.2 Å². The smallest absolute Gasteiger partial charge is 0.0538 e. The van der Waals surface area contributed by atoms with E-state index in [1.54, 1.807) is 0 Å². The SMILES string of the molecule is CCC1(CC)CC2N=CC1C1C=CCC21. The third-order valence-electron chi connectivity index (χ3n) is 5.34. The van der Waals surface area contributed by atoms with Gasteiger partial charge in [0.15, 0.2) is 0 Å². The second-order valence-corrected chi connectivity index (χ2v) is 5.57. The molecule has 15 heavy (non-hydrogen) atoms. The molecule has 2 bridgehead atoms. The van der Waals surface area contributed by atoms with Crippen molar-refractivity contribution in [1.29, 1.82) is 0 Å². The first-order valence-electron chi connectivity index (χ1n) is 6.50. The molecule has 1 saturated carbocycles. The van der Waals surface area contributed by atoms with Gasteiger partial charge < -0.3 is 0 Å². The topological polar surface area (TPSA) is 12.4 Å². The Morgan fingerprint density at radius 1 is 1.33 bits per heavy atom. The van der Waals surface area contributed by atoms with Crippen LogP contribution in [0.3, 0.4) is 0 Å². The predicted octanol–water partition coefficient (Wildman–Crippen LogP) is 3.46. The molecule has 1 fully saturated rings. The lowest BCUT2D eigenvalue weighted by Crippen LogP contribution is -2.51. The second kappa shape index (κ2) is 3.20. The minimum atomic E-state index is 0.572. The van der Waals surface area contributed by atoms with E-state index in [4.69, 9.17) is 4.99 Å². The molecule has 0 radical (unpaired) electrons. The highest BCUT2D eigenvalue weighted by molar-refractivity contribution is 5.66. The first-order valence-corrected chi connectivity index (χ1v) is 6.50. The average molecular weight is 203 g/mol. The zero-order valence-electron chi connectivity index (χ0n) is 9.82. The average Bonchev–Trinajstić information content (AvgIpc) is 2.79. The van der Waals surface area contributed by atoms with Crippen LogP contribution in [0.25, 0.3) is 0 Å². The fourth-order valence-corrected chi connectivity index (χ4v) is 4.24. The summed E-state index contributed by atoms with van der Waals surface area (Å²) in [4.78, 5) is 4.77. The highest BCUT2D eigenvalue weighted by Crippen LogP contribution is 2.56. The number of aliphatic imine (C=N–C) groups is 1. The van der Waals surface area contributed by atoms with Gasteiger partial charge in [-0.3, -0.25) is 4.99 Å². The predicted molar refractivity (Wildman–Crippen MR) is 64.1 cm³/mol. The third-order valence-corrected chi connectivity index (χ3v) is 5.34. The normalized spacial score (nSPS) is 44.7. The van der Waals surface area contributed by atoms with Crippen LogP contribution in [0.4, 0.5) is 0 Å². The molecule has 4 unspecified atom stereocenters. The maximum absolute atomic E-state index is 4.77. The van der Waals surface area contributed by atoms with Gasteiger partial charge in [-0.1, -0.05) is 26.0 Å². The Balaban J connectivity index is 1.99. The molecule has 0 aromatic heterocycles. The van der Waals surface area contributed by atoms with Crippen LogP contribution < -0.4 is 0 Å². The summed E-state index contributed by atoms with van der Waals surface area (Å²) in [6, 6.07) is 0.634. The number of nitrogens with zero attached hydrogens (tertiary/aromatic N) is 1. The van der Waals surface area contributed by atoms with Gasteiger partial charge >= 0.3 is 0 Å². The molecule has 82 valence electrons. The zero-order valence-corrected chi connectivity index (χ0v) is 9.82. The first-order chi connectivity index (χ1) is 7.30. The van der Waals surface area contributed by atoms with Crippen LogP contribution in [0.1, 0.15) is 39.5 Å². The van der Waals surface area contributed by atoms with Crippen molar-refractivity contribution >= 4 is 6.21 Å². The molecule has 2 heterocycles. The van der Waals surface area contributed by atoms with Crippen LogP contribution in [0, 0.1) is 23.2 Å². The quantitative estimate of drug-likeness (QED) is 0.609. The number of rotatable bonds is 2. The van der Waals surface area contributed by atoms with E-state index in [9.17, 15) is 0 Å². The van der Waals surface area contributed by atoms with Crippen molar-refractivity contribution in [2.24, 2.45) is 28.2 Å². The van der Waals surface area contributed by atoms with Crippen molar-refractivity contribution in [1.82, 2.24) is 0 Å². The number of hydrogen-bond acceptors (Lipinski definition) is 1. The molecular formula is C14H21N. The van der Waals surface area contributed by atoms with Crippen molar-refractivity contribution in [3.63, 3.8) is 0 Å². The maximum Gasteiger partial charge on any atom is 0.0538 e. The van der Waals surface area contributed by atoms with E-state index in [1.165, 1.54) is 25.7 Å². The highest BCUT2D eigenvalue weighted by Gasteiger charge is 2.53. The standard InChI is InChI=1S/C14H21N/c1-3-14(4-2)8-13-11-7-5-6-10(11)12(14)9-15-13/h5-6,9-13H,3-4,7-8H2,1-2H3. The van der Waals surface area contributed by atoms with Crippen molar-refractivity contribution in [2.75, 3.05) is 0 Å². The second-order valence-electron chi connectivity index (χ2n) is 5.57. The molecule has 1 heteroatoms. The van der Waals surface area contributed by atoms with Crippen LogP contribution >= 0.6 is 0 Å². The Labute approximate surface area is 92.7 Å². The van der Waals surface area contributed by atoms with Crippen molar-refractivity contribution < 1.29 is 0 Å². The summed E-state index contributed by atoms with van der Waals surface area (Å²) in [5.74, 6) is 2.41. The summed E-state index contributed by atoms with van der Waals surface area (Å²) in [6.07, 6.45) is 12.5. The van der Waals surface area contributed by atoms with E-state index in [-0.39, 0.29) is 0 Å². The molecule has 0 aromatic rings. The molecule has 1 nitrogen and oxygen atoms in total. The van der Waals surface area contributed by atoms with Gasteiger partial charge in [-0.2, -0.15) is 0 Å². The monoisotopic (exact) mass is 203 g/mol. The summed E-state index contributed by atoms with van der Waals surface area (Å²) in [5.41, 5.74) is 0.572. The Hall–Kier alpha value is -0.590. The summed E-state index contributed by atoms with van der Waals surface area (Å²) in [6.45, 7) is 4.73. The molecule has 0 aromatic carbocycles. The lowest BCUT2D eigenvalue weighted by molar-refractivity contribution is 0.0379. The van der Waals surface area contributed by atoms with Gasteiger partial charge in [0.25, 0.3) is 0 Å². The van der Waals surface area contributed by atoms with Crippen LogP contribution in [0.5, 0.6) is 0 Å². The zero-order chi connectivity index (χ0) is 10.5. The molecule has 0 N–H and O–H groups in total. The largest absolute Gasteiger partial charge is 0.294 e. The first kappa shape index (κ1) is 9.62. The number of hydrogen-bond donors (Lipinski definition) is 0. The molecule has 2 aliphatic carbocycles. The summed E-state index contributed by atoms with van der Waals surface area (Å²) in [5, 5.41) is 0. The Bertz CT molecular complexity index is 311. The molecule has 0 spiro atoms. The van der Waals surface area contributed by atoms with Gasteiger partial charge in [0, 0.05) is 12.1 Å². The number of fused-ring (bicyclic) bond motifs is 1. The van der Waals surface area contributed by atoms with E-state index in [0.29, 0.717) is 11.5 Å². The molecule has 4 aliphatic rings.